The number of hydrogen-bond donors (Lipinski definition) is 1. The molecule has 0 saturated carbocycles. The standard InChI is InChI=1S/C22H24ClN3O4S/c1-3-25-11-13-26(14-12-25)31(28,29)17-9-7-16(8-10-17)24-22(27)20-15(2)18-5-4-6-19(23)21(18)30-20/h4-10H,3,11-14H2,1-2H3,(H,24,27). The molecule has 31 heavy (non-hydrogen) atoms. The van der Waals surface area contributed by atoms with Gasteiger partial charge >= 0.3 is 0 Å². The number of nitrogens with zero attached hydrogens (tertiary/aromatic N) is 2. The zero-order valence-corrected chi connectivity index (χ0v) is 19.0. The molecule has 1 aliphatic heterocycles. The minimum absolute atomic E-state index is 0.175. The molecule has 7 nitrogen and oxygen atoms in total. The molecule has 0 atom stereocenters. The molecule has 0 radical (unpaired) electrons. The highest BCUT2D eigenvalue weighted by Gasteiger charge is 2.28. The van der Waals surface area contributed by atoms with Crippen LogP contribution in [0.1, 0.15) is 23.0 Å². The molecule has 164 valence electrons. The molecule has 2 heterocycles. The third kappa shape index (κ3) is 4.21. The van der Waals surface area contributed by atoms with Crippen LogP contribution in [0.5, 0.6) is 0 Å². The molecule has 1 N–H and O–H groups in total. The van der Waals surface area contributed by atoms with E-state index in [1.165, 1.54) is 16.4 Å². The minimum atomic E-state index is -3.56. The Labute approximate surface area is 186 Å². The van der Waals surface area contributed by atoms with E-state index >= 15 is 0 Å². The fourth-order valence-electron chi connectivity index (χ4n) is 3.76. The molecular weight excluding hydrogens is 438 g/mol. The fraction of sp³-hybridized carbons (Fsp3) is 0.318. The molecule has 1 aliphatic rings. The molecule has 1 amide bonds. The monoisotopic (exact) mass is 461 g/mol. The Bertz CT molecular complexity index is 1210. The van der Waals surface area contributed by atoms with E-state index in [0.29, 0.717) is 34.9 Å². The summed E-state index contributed by atoms with van der Waals surface area (Å²) in [5.74, 6) is -0.246. The average Bonchev–Trinajstić information content (AvgIpc) is 3.12. The number of hydrogen-bond acceptors (Lipinski definition) is 5. The summed E-state index contributed by atoms with van der Waals surface area (Å²) >= 11 is 6.16. The summed E-state index contributed by atoms with van der Waals surface area (Å²) in [6.45, 7) is 7.18. The summed E-state index contributed by atoms with van der Waals surface area (Å²) in [6.07, 6.45) is 0. The van der Waals surface area contributed by atoms with E-state index in [2.05, 4.69) is 17.1 Å². The number of anilines is 1. The van der Waals surface area contributed by atoms with Crippen LogP contribution >= 0.6 is 11.6 Å². The highest BCUT2D eigenvalue weighted by Crippen LogP contribution is 2.31. The van der Waals surface area contributed by atoms with Crippen LogP contribution < -0.4 is 5.32 Å². The van der Waals surface area contributed by atoms with E-state index in [4.69, 9.17) is 16.0 Å². The van der Waals surface area contributed by atoms with Gasteiger partial charge in [-0.1, -0.05) is 30.7 Å². The first kappa shape index (κ1) is 21.8. The Morgan fingerprint density at radius 2 is 1.77 bits per heavy atom. The van der Waals surface area contributed by atoms with E-state index in [-0.39, 0.29) is 10.7 Å². The number of fused-ring (bicyclic) bond motifs is 1. The first-order chi connectivity index (χ1) is 14.8. The van der Waals surface area contributed by atoms with E-state index in [0.717, 1.165) is 25.0 Å². The maximum atomic E-state index is 12.9. The van der Waals surface area contributed by atoms with Gasteiger partial charge in [-0.15, -0.1) is 0 Å². The van der Waals surface area contributed by atoms with Crippen LogP contribution in [0, 0.1) is 6.92 Å². The summed E-state index contributed by atoms with van der Waals surface area (Å²) in [6, 6.07) is 11.5. The highest BCUT2D eigenvalue weighted by atomic mass is 35.5. The van der Waals surface area contributed by atoms with Gasteiger partial charge in [0.25, 0.3) is 5.91 Å². The molecular formula is C22H24ClN3O4S. The highest BCUT2D eigenvalue weighted by molar-refractivity contribution is 7.89. The Morgan fingerprint density at radius 3 is 2.39 bits per heavy atom. The lowest BCUT2D eigenvalue weighted by Crippen LogP contribution is -2.48. The predicted octanol–water partition coefficient (Wildman–Crippen LogP) is 3.97. The average molecular weight is 462 g/mol. The number of furan rings is 1. The molecule has 2 aromatic carbocycles. The molecule has 4 rings (SSSR count). The number of benzene rings is 2. The Balaban J connectivity index is 1.49. The van der Waals surface area contributed by atoms with E-state index in [1.54, 1.807) is 31.2 Å². The van der Waals surface area contributed by atoms with Gasteiger partial charge in [-0.3, -0.25) is 4.79 Å². The van der Waals surface area contributed by atoms with Crippen molar-refractivity contribution in [3.63, 3.8) is 0 Å². The topological polar surface area (TPSA) is 82.9 Å². The van der Waals surface area contributed by atoms with Gasteiger partial charge in [0.15, 0.2) is 11.3 Å². The molecule has 0 aliphatic carbocycles. The van der Waals surface area contributed by atoms with Crippen molar-refractivity contribution >= 4 is 44.2 Å². The van der Waals surface area contributed by atoms with Gasteiger partial charge in [-0.25, -0.2) is 8.42 Å². The lowest BCUT2D eigenvalue weighted by Gasteiger charge is -2.33. The second-order valence-corrected chi connectivity index (χ2v) is 9.83. The summed E-state index contributed by atoms with van der Waals surface area (Å²) < 4.78 is 33.0. The third-order valence-electron chi connectivity index (χ3n) is 5.65. The zero-order chi connectivity index (χ0) is 22.2. The second-order valence-electron chi connectivity index (χ2n) is 7.49. The van der Waals surface area contributed by atoms with Crippen molar-refractivity contribution in [3.8, 4) is 0 Å². The maximum Gasteiger partial charge on any atom is 0.291 e. The summed E-state index contributed by atoms with van der Waals surface area (Å²) in [4.78, 5) is 15.2. The quantitative estimate of drug-likeness (QED) is 0.621. The smallest absolute Gasteiger partial charge is 0.291 e. The Kier molecular flexibility index (Phi) is 6.07. The van der Waals surface area contributed by atoms with Crippen LogP contribution in [0.3, 0.4) is 0 Å². The van der Waals surface area contributed by atoms with Crippen LogP contribution in [-0.2, 0) is 10.0 Å². The molecule has 1 fully saturated rings. The van der Waals surface area contributed by atoms with Crippen LogP contribution in [-0.4, -0.2) is 56.3 Å². The Morgan fingerprint density at radius 1 is 1.10 bits per heavy atom. The number of piperazine rings is 1. The van der Waals surface area contributed by atoms with Crippen LogP contribution in [0.4, 0.5) is 5.69 Å². The van der Waals surface area contributed by atoms with Gasteiger partial charge in [0.05, 0.1) is 9.92 Å². The number of amides is 1. The third-order valence-corrected chi connectivity index (χ3v) is 7.86. The maximum absolute atomic E-state index is 12.9. The number of para-hydroxylation sites is 1. The molecule has 9 heteroatoms. The normalized spacial score (nSPS) is 16.0. The van der Waals surface area contributed by atoms with Crippen molar-refractivity contribution in [2.24, 2.45) is 0 Å². The minimum Gasteiger partial charge on any atom is -0.449 e. The van der Waals surface area contributed by atoms with Crippen molar-refractivity contribution in [2.75, 3.05) is 38.0 Å². The van der Waals surface area contributed by atoms with Gasteiger partial charge in [0.2, 0.25) is 10.0 Å². The van der Waals surface area contributed by atoms with E-state index < -0.39 is 15.9 Å². The molecule has 3 aromatic rings. The fourth-order valence-corrected chi connectivity index (χ4v) is 5.39. The lowest BCUT2D eigenvalue weighted by molar-refractivity contribution is 0.0998. The molecule has 1 saturated heterocycles. The first-order valence-electron chi connectivity index (χ1n) is 10.1. The van der Waals surface area contributed by atoms with Crippen LogP contribution in [0.15, 0.2) is 51.8 Å². The number of sulfonamides is 1. The largest absolute Gasteiger partial charge is 0.449 e. The van der Waals surface area contributed by atoms with E-state index in [9.17, 15) is 13.2 Å². The number of halogens is 1. The number of aryl methyl sites for hydroxylation is 1. The van der Waals surface area contributed by atoms with Crippen molar-refractivity contribution in [1.82, 2.24) is 9.21 Å². The Hall–Kier alpha value is -2.39. The van der Waals surface area contributed by atoms with Crippen molar-refractivity contribution in [2.45, 2.75) is 18.7 Å². The molecule has 0 unspecified atom stereocenters. The van der Waals surface area contributed by atoms with Gasteiger partial charge in [-0.2, -0.15) is 4.31 Å². The first-order valence-corrected chi connectivity index (χ1v) is 11.9. The van der Waals surface area contributed by atoms with Crippen LogP contribution in [0.2, 0.25) is 5.02 Å². The lowest BCUT2D eigenvalue weighted by atomic mass is 10.1. The van der Waals surface area contributed by atoms with Gasteiger partial charge in [0.1, 0.15) is 0 Å². The second kappa shape index (κ2) is 8.63. The van der Waals surface area contributed by atoms with Gasteiger partial charge < -0.3 is 14.6 Å². The summed E-state index contributed by atoms with van der Waals surface area (Å²) in [7, 11) is -3.56. The van der Waals surface area contributed by atoms with Crippen LogP contribution in [0.25, 0.3) is 11.0 Å². The summed E-state index contributed by atoms with van der Waals surface area (Å²) in [5.41, 5.74) is 1.64. The molecule has 1 aromatic heterocycles. The van der Waals surface area contributed by atoms with Crippen molar-refractivity contribution < 1.29 is 17.6 Å². The predicted molar refractivity (Wildman–Crippen MR) is 121 cm³/mol. The molecule has 0 bridgehead atoms. The summed E-state index contributed by atoms with van der Waals surface area (Å²) in [5, 5.41) is 3.98. The molecule has 0 spiro atoms. The van der Waals surface area contributed by atoms with E-state index in [1.807, 2.05) is 6.07 Å². The number of rotatable bonds is 5. The SMILES string of the molecule is CCN1CCN(S(=O)(=O)c2ccc(NC(=O)c3oc4c(Cl)cccc4c3C)cc2)CC1. The number of nitrogens with one attached hydrogen (secondary N) is 1. The van der Waals surface area contributed by atoms with Gasteiger partial charge in [0, 0.05) is 42.8 Å². The van der Waals surface area contributed by atoms with Crippen molar-refractivity contribution in [3.05, 3.63) is 58.8 Å². The van der Waals surface area contributed by atoms with Crippen molar-refractivity contribution in [1.29, 1.82) is 0 Å². The number of carbonyl (C=O) groups is 1. The number of likely N-dealkylation sites (N-methyl/N-ethyl adjacent to an activating group) is 1. The zero-order valence-electron chi connectivity index (χ0n) is 17.4. The van der Waals surface area contributed by atoms with Gasteiger partial charge in [-0.05, 0) is 43.8 Å². The number of carbonyl (C=O) groups excluding carboxylic acids is 1.